The predicted octanol–water partition coefficient (Wildman–Crippen LogP) is 2.14. The molecule has 0 amide bonds. The summed E-state index contributed by atoms with van der Waals surface area (Å²) in [4.78, 5) is 4.63. The van der Waals surface area contributed by atoms with Crippen LogP contribution in [-0.2, 0) is 6.54 Å². The molecule has 3 rings (SSSR count). The van der Waals surface area contributed by atoms with Gasteiger partial charge in [-0.3, -0.25) is 0 Å². The fraction of sp³-hybridized carbons (Fsp3) is 0.462. The van der Waals surface area contributed by atoms with E-state index in [1.807, 2.05) is 6.07 Å². The van der Waals surface area contributed by atoms with E-state index in [9.17, 15) is 0 Å². The van der Waals surface area contributed by atoms with Crippen molar-refractivity contribution in [2.45, 2.75) is 25.4 Å². The van der Waals surface area contributed by atoms with Crippen molar-refractivity contribution in [1.82, 2.24) is 15.6 Å². The summed E-state index contributed by atoms with van der Waals surface area (Å²) in [6.45, 7) is 3.15. The summed E-state index contributed by atoms with van der Waals surface area (Å²) in [6, 6.07) is 8.94. The van der Waals surface area contributed by atoms with Gasteiger partial charge in [-0.2, -0.15) is 0 Å². The number of rotatable bonds is 3. The zero-order valence-corrected chi connectivity index (χ0v) is 10.6. The number of fused-ring (bicyclic) bond motifs is 1. The maximum atomic E-state index is 4.63. The van der Waals surface area contributed by atoms with Crippen LogP contribution in [0, 0.1) is 0 Å². The topological polar surface area (TPSA) is 37.0 Å². The first-order valence-electron chi connectivity index (χ1n) is 6.20. The lowest BCUT2D eigenvalue weighted by atomic mass is 10.1. The number of thiazole rings is 1. The molecule has 0 bridgehead atoms. The van der Waals surface area contributed by atoms with Gasteiger partial charge in [0.2, 0.25) is 0 Å². The number of hydrogen-bond acceptors (Lipinski definition) is 4. The number of piperidine rings is 1. The van der Waals surface area contributed by atoms with E-state index in [0.29, 0.717) is 6.04 Å². The number of para-hydroxylation sites is 1. The molecule has 2 aromatic rings. The number of hydrogen-bond donors (Lipinski definition) is 2. The normalized spacial score (nSPS) is 20.8. The Labute approximate surface area is 105 Å². The summed E-state index contributed by atoms with van der Waals surface area (Å²) >= 11 is 1.79. The average molecular weight is 247 g/mol. The van der Waals surface area contributed by atoms with Crippen LogP contribution in [0.1, 0.15) is 17.8 Å². The van der Waals surface area contributed by atoms with Gasteiger partial charge >= 0.3 is 0 Å². The van der Waals surface area contributed by atoms with Crippen molar-refractivity contribution in [2.24, 2.45) is 0 Å². The van der Waals surface area contributed by atoms with Crippen molar-refractivity contribution in [1.29, 1.82) is 0 Å². The maximum Gasteiger partial charge on any atom is 0.108 e. The second kappa shape index (κ2) is 5.12. The second-order valence-corrected chi connectivity index (χ2v) is 5.61. The van der Waals surface area contributed by atoms with Crippen LogP contribution in [0.2, 0.25) is 0 Å². The summed E-state index contributed by atoms with van der Waals surface area (Å²) in [5.41, 5.74) is 1.12. The Bertz CT molecular complexity index is 455. The second-order valence-electron chi connectivity index (χ2n) is 4.50. The van der Waals surface area contributed by atoms with Gasteiger partial charge in [-0.05, 0) is 31.5 Å². The SMILES string of the molecule is c1ccc2sc(CNC3CCCNC3)nc2c1. The van der Waals surface area contributed by atoms with Crippen molar-refractivity contribution in [3.05, 3.63) is 29.3 Å². The molecule has 1 saturated heterocycles. The van der Waals surface area contributed by atoms with Crippen molar-refractivity contribution >= 4 is 21.6 Å². The van der Waals surface area contributed by atoms with Gasteiger partial charge < -0.3 is 10.6 Å². The minimum Gasteiger partial charge on any atom is -0.315 e. The molecule has 3 nitrogen and oxygen atoms in total. The summed E-state index contributed by atoms with van der Waals surface area (Å²) in [5, 5.41) is 8.19. The summed E-state index contributed by atoms with van der Waals surface area (Å²) in [6.07, 6.45) is 2.55. The van der Waals surface area contributed by atoms with E-state index in [2.05, 4.69) is 33.8 Å². The number of nitrogens with zero attached hydrogens (tertiary/aromatic N) is 1. The van der Waals surface area contributed by atoms with E-state index in [0.717, 1.165) is 18.6 Å². The lowest BCUT2D eigenvalue weighted by molar-refractivity contribution is 0.389. The maximum absolute atomic E-state index is 4.63. The van der Waals surface area contributed by atoms with Gasteiger partial charge in [0.15, 0.2) is 0 Å². The Balaban J connectivity index is 1.64. The van der Waals surface area contributed by atoms with Gasteiger partial charge in [0, 0.05) is 19.1 Å². The molecule has 90 valence electrons. The van der Waals surface area contributed by atoms with Crippen LogP contribution in [0.5, 0.6) is 0 Å². The monoisotopic (exact) mass is 247 g/mol. The smallest absolute Gasteiger partial charge is 0.108 e. The van der Waals surface area contributed by atoms with Crippen LogP contribution in [0.25, 0.3) is 10.2 Å². The number of nitrogens with one attached hydrogen (secondary N) is 2. The van der Waals surface area contributed by atoms with Gasteiger partial charge in [-0.15, -0.1) is 11.3 Å². The highest BCUT2D eigenvalue weighted by atomic mass is 32.1. The zero-order chi connectivity index (χ0) is 11.5. The Morgan fingerprint density at radius 3 is 3.18 bits per heavy atom. The van der Waals surface area contributed by atoms with E-state index in [1.165, 1.54) is 29.1 Å². The van der Waals surface area contributed by atoms with Crippen molar-refractivity contribution in [3.8, 4) is 0 Å². The van der Waals surface area contributed by atoms with Gasteiger partial charge in [-0.25, -0.2) is 4.98 Å². The van der Waals surface area contributed by atoms with E-state index in [1.54, 1.807) is 11.3 Å². The highest BCUT2D eigenvalue weighted by Gasteiger charge is 2.12. The van der Waals surface area contributed by atoms with Crippen molar-refractivity contribution in [2.75, 3.05) is 13.1 Å². The van der Waals surface area contributed by atoms with Crippen LogP contribution in [-0.4, -0.2) is 24.1 Å². The molecule has 2 N–H and O–H groups in total. The zero-order valence-electron chi connectivity index (χ0n) is 9.78. The first-order valence-corrected chi connectivity index (χ1v) is 7.02. The summed E-state index contributed by atoms with van der Waals surface area (Å²) < 4.78 is 1.28. The molecule has 1 aliphatic rings. The molecular weight excluding hydrogens is 230 g/mol. The van der Waals surface area contributed by atoms with Crippen LogP contribution in [0.3, 0.4) is 0 Å². The molecule has 1 aliphatic heterocycles. The highest BCUT2D eigenvalue weighted by Crippen LogP contribution is 2.21. The van der Waals surface area contributed by atoms with Gasteiger partial charge in [0.25, 0.3) is 0 Å². The Morgan fingerprint density at radius 1 is 1.41 bits per heavy atom. The van der Waals surface area contributed by atoms with Crippen LogP contribution in [0.4, 0.5) is 0 Å². The quantitative estimate of drug-likeness (QED) is 0.872. The fourth-order valence-electron chi connectivity index (χ4n) is 2.25. The third-order valence-electron chi connectivity index (χ3n) is 3.18. The summed E-state index contributed by atoms with van der Waals surface area (Å²) in [5.74, 6) is 0. The van der Waals surface area contributed by atoms with Gasteiger partial charge in [-0.1, -0.05) is 12.1 Å². The fourth-order valence-corrected chi connectivity index (χ4v) is 3.17. The molecule has 2 heterocycles. The van der Waals surface area contributed by atoms with Crippen molar-refractivity contribution in [3.63, 3.8) is 0 Å². The average Bonchev–Trinajstić information content (AvgIpc) is 2.80. The lowest BCUT2D eigenvalue weighted by Crippen LogP contribution is -2.42. The highest BCUT2D eigenvalue weighted by molar-refractivity contribution is 7.18. The first kappa shape index (κ1) is 11.1. The third-order valence-corrected chi connectivity index (χ3v) is 4.21. The van der Waals surface area contributed by atoms with E-state index in [4.69, 9.17) is 0 Å². The molecule has 0 spiro atoms. The minimum absolute atomic E-state index is 0.607. The van der Waals surface area contributed by atoms with Gasteiger partial charge in [0.1, 0.15) is 5.01 Å². The molecule has 1 atom stereocenters. The molecular formula is C13H17N3S. The number of benzene rings is 1. The first-order chi connectivity index (χ1) is 8.42. The van der Waals surface area contributed by atoms with Crippen LogP contribution < -0.4 is 10.6 Å². The van der Waals surface area contributed by atoms with E-state index >= 15 is 0 Å². The Hall–Kier alpha value is -0.970. The molecule has 1 unspecified atom stereocenters. The molecule has 17 heavy (non-hydrogen) atoms. The van der Waals surface area contributed by atoms with Crippen LogP contribution in [0.15, 0.2) is 24.3 Å². The third kappa shape index (κ3) is 2.65. The molecule has 0 aliphatic carbocycles. The molecule has 0 saturated carbocycles. The van der Waals surface area contributed by atoms with E-state index < -0.39 is 0 Å². The Kier molecular flexibility index (Phi) is 3.36. The molecule has 4 heteroatoms. The molecule has 1 aromatic heterocycles. The summed E-state index contributed by atoms with van der Waals surface area (Å²) in [7, 11) is 0. The number of aromatic nitrogens is 1. The lowest BCUT2D eigenvalue weighted by Gasteiger charge is -2.23. The predicted molar refractivity (Wildman–Crippen MR) is 72.4 cm³/mol. The molecule has 1 aromatic carbocycles. The minimum atomic E-state index is 0.607. The van der Waals surface area contributed by atoms with Crippen LogP contribution >= 0.6 is 11.3 Å². The molecule has 1 fully saturated rings. The largest absolute Gasteiger partial charge is 0.315 e. The van der Waals surface area contributed by atoms with Gasteiger partial charge in [0.05, 0.1) is 10.2 Å². The standard InChI is InChI=1S/C13H17N3S/c1-2-6-12-11(5-1)16-13(17-12)9-15-10-4-3-7-14-8-10/h1-2,5-6,10,14-15H,3-4,7-9H2. The molecule has 0 radical (unpaired) electrons. The van der Waals surface area contributed by atoms with Crippen molar-refractivity contribution < 1.29 is 0 Å². The Morgan fingerprint density at radius 2 is 2.35 bits per heavy atom. The van der Waals surface area contributed by atoms with E-state index in [-0.39, 0.29) is 0 Å².